The van der Waals surface area contributed by atoms with Crippen molar-refractivity contribution in [2.24, 2.45) is 0 Å². The van der Waals surface area contributed by atoms with E-state index < -0.39 is 0 Å². The van der Waals surface area contributed by atoms with Crippen LogP contribution in [-0.2, 0) is 4.74 Å². The second-order valence-electron chi connectivity index (χ2n) is 5.35. The summed E-state index contributed by atoms with van der Waals surface area (Å²) in [5.41, 5.74) is 1.27. The molecule has 2 rings (SSSR count). The number of nitrogens with one attached hydrogen (secondary N) is 1. The van der Waals surface area contributed by atoms with E-state index in [1.807, 2.05) is 7.05 Å². The lowest BCUT2D eigenvalue weighted by Gasteiger charge is -2.24. The largest absolute Gasteiger partial charge is 0.369 e. The second kappa shape index (κ2) is 8.03. The van der Waals surface area contributed by atoms with E-state index in [4.69, 9.17) is 4.74 Å². The summed E-state index contributed by atoms with van der Waals surface area (Å²) in [6, 6.07) is 8.49. The summed E-state index contributed by atoms with van der Waals surface area (Å²) in [6.45, 7) is 0.873. The standard InChI is InChI=1S/C16H24BrNO/c1-18-12-16(13-8-10-14(17)11-9-13)19-15-6-4-2-3-5-7-15/h8-11,15-16,18H,2-7,12H2,1H3. The van der Waals surface area contributed by atoms with Gasteiger partial charge in [0.2, 0.25) is 0 Å². The third-order valence-electron chi connectivity index (χ3n) is 3.79. The van der Waals surface area contributed by atoms with E-state index >= 15 is 0 Å². The molecule has 1 aromatic rings. The van der Waals surface area contributed by atoms with Crippen LogP contribution >= 0.6 is 15.9 Å². The van der Waals surface area contributed by atoms with Gasteiger partial charge in [-0.15, -0.1) is 0 Å². The molecule has 1 saturated carbocycles. The molecule has 1 N–H and O–H groups in total. The fourth-order valence-electron chi connectivity index (χ4n) is 2.72. The van der Waals surface area contributed by atoms with Gasteiger partial charge in [-0.3, -0.25) is 0 Å². The molecular weight excluding hydrogens is 302 g/mol. The second-order valence-corrected chi connectivity index (χ2v) is 6.26. The van der Waals surface area contributed by atoms with E-state index in [9.17, 15) is 0 Å². The van der Waals surface area contributed by atoms with E-state index in [-0.39, 0.29) is 6.10 Å². The Kier molecular flexibility index (Phi) is 6.35. The Hall–Kier alpha value is -0.380. The Morgan fingerprint density at radius 1 is 1.16 bits per heavy atom. The minimum Gasteiger partial charge on any atom is -0.369 e. The van der Waals surface area contributed by atoms with Crippen molar-refractivity contribution in [3.05, 3.63) is 34.3 Å². The van der Waals surface area contributed by atoms with Crippen molar-refractivity contribution in [1.29, 1.82) is 0 Å². The first-order chi connectivity index (χ1) is 9.29. The fraction of sp³-hybridized carbons (Fsp3) is 0.625. The highest BCUT2D eigenvalue weighted by Crippen LogP contribution is 2.27. The van der Waals surface area contributed by atoms with Crippen LogP contribution in [-0.4, -0.2) is 19.7 Å². The Labute approximate surface area is 125 Å². The fourth-order valence-corrected chi connectivity index (χ4v) is 2.98. The van der Waals surface area contributed by atoms with Crippen LogP contribution in [0.3, 0.4) is 0 Å². The number of likely N-dealkylation sites (N-methyl/N-ethyl adjacent to an activating group) is 1. The summed E-state index contributed by atoms with van der Waals surface area (Å²) in [7, 11) is 1.99. The maximum absolute atomic E-state index is 6.36. The molecule has 0 saturated heterocycles. The molecule has 1 aromatic carbocycles. The third-order valence-corrected chi connectivity index (χ3v) is 4.32. The molecule has 0 radical (unpaired) electrons. The molecule has 0 aliphatic heterocycles. The zero-order chi connectivity index (χ0) is 13.5. The summed E-state index contributed by atoms with van der Waals surface area (Å²) in [6.07, 6.45) is 8.41. The number of ether oxygens (including phenoxy) is 1. The van der Waals surface area contributed by atoms with Gasteiger partial charge in [-0.2, -0.15) is 0 Å². The molecule has 2 nitrogen and oxygen atoms in total. The molecule has 1 unspecified atom stereocenters. The highest BCUT2D eigenvalue weighted by Gasteiger charge is 2.19. The Balaban J connectivity index is 2.00. The van der Waals surface area contributed by atoms with Crippen molar-refractivity contribution in [3.63, 3.8) is 0 Å². The van der Waals surface area contributed by atoms with Gasteiger partial charge < -0.3 is 10.1 Å². The van der Waals surface area contributed by atoms with Crippen molar-refractivity contribution in [2.75, 3.05) is 13.6 Å². The van der Waals surface area contributed by atoms with Crippen LogP contribution in [0.2, 0.25) is 0 Å². The van der Waals surface area contributed by atoms with Crippen LogP contribution < -0.4 is 5.32 Å². The average molecular weight is 326 g/mol. The predicted molar refractivity (Wildman–Crippen MR) is 83.4 cm³/mol. The van der Waals surface area contributed by atoms with Gasteiger partial charge >= 0.3 is 0 Å². The average Bonchev–Trinajstić information content (AvgIpc) is 2.68. The molecule has 1 aliphatic rings. The van der Waals surface area contributed by atoms with E-state index in [1.54, 1.807) is 0 Å². The molecule has 3 heteroatoms. The topological polar surface area (TPSA) is 21.3 Å². The first-order valence-corrected chi connectivity index (χ1v) is 8.14. The zero-order valence-corrected chi connectivity index (χ0v) is 13.3. The zero-order valence-electron chi connectivity index (χ0n) is 11.7. The normalized spacial score (nSPS) is 19.1. The highest BCUT2D eigenvalue weighted by atomic mass is 79.9. The lowest BCUT2D eigenvalue weighted by atomic mass is 10.1. The molecule has 0 heterocycles. The van der Waals surface area contributed by atoms with Crippen molar-refractivity contribution in [3.8, 4) is 0 Å². The molecule has 1 aliphatic carbocycles. The summed E-state index contributed by atoms with van der Waals surface area (Å²) >= 11 is 3.49. The van der Waals surface area contributed by atoms with Crippen LogP contribution in [0.5, 0.6) is 0 Å². The van der Waals surface area contributed by atoms with E-state index in [1.165, 1.54) is 44.1 Å². The molecule has 0 aromatic heterocycles. The van der Waals surface area contributed by atoms with Crippen LogP contribution in [0.1, 0.15) is 50.2 Å². The van der Waals surface area contributed by atoms with Crippen LogP contribution in [0, 0.1) is 0 Å². The highest BCUT2D eigenvalue weighted by molar-refractivity contribution is 9.10. The number of halogens is 1. The minimum absolute atomic E-state index is 0.168. The smallest absolute Gasteiger partial charge is 0.0952 e. The van der Waals surface area contributed by atoms with E-state index in [0.717, 1.165) is 11.0 Å². The van der Waals surface area contributed by atoms with E-state index in [2.05, 4.69) is 45.5 Å². The summed E-state index contributed by atoms with van der Waals surface area (Å²) in [5.74, 6) is 0. The van der Waals surface area contributed by atoms with Crippen LogP contribution in [0.25, 0.3) is 0 Å². The Morgan fingerprint density at radius 3 is 2.37 bits per heavy atom. The molecule has 1 atom stereocenters. The molecule has 0 spiro atoms. The summed E-state index contributed by atoms with van der Waals surface area (Å²) in [5, 5.41) is 3.25. The predicted octanol–water partition coefficient (Wildman–Crippen LogP) is 4.45. The van der Waals surface area contributed by atoms with Crippen molar-refractivity contribution in [2.45, 2.75) is 50.7 Å². The summed E-state index contributed by atoms with van der Waals surface area (Å²) in [4.78, 5) is 0. The SMILES string of the molecule is CNCC(OC1CCCCCC1)c1ccc(Br)cc1. The van der Waals surface area contributed by atoms with Crippen LogP contribution in [0.15, 0.2) is 28.7 Å². The molecule has 0 amide bonds. The molecule has 19 heavy (non-hydrogen) atoms. The monoisotopic (exact) mass is 325 g/mol. The van der Waals surface area contributed by atoms with Gasteiger partial charge in [0.15, 0.2) is 0 Å². The first-order valence-electron chi connectivity index (χ1n) is 7.35. The van der Waals surface area contributed by atoms with Crippen molar-refractivity contribution in [1.82, 2.24) is 5.32 Å². The lowest BCUT2D eigenvalue weighted by molar-refractivity contribution is -0.0193. The quantitative estimate of drug-likeness (QED) is 0.807. The molecule has 1 fully saturated rings. The van der Waals surface area contributed by atoms with E-state index in [0.29, 0.717) is 6.10 Å². The van der Waals surface area contributed by atoms with Gasteiger partial charge in [0.25, 0.3) is 0 Å². The Morgan fingerprint density at radius 2 is 1.79 bits per heavy atom. The number of hydrogen-bond acceptors (Lipinski definition) is 2. The lowest BCUT2D eigenvalue weighted by Crippen LogP contribution is -2.24. The first kappa shape index (κ1) is 15.0. The molecule has 0 bridgehead atoms. The van der Waals surface area contributed by atoms with Gasteiger partial charge in [0, 0.05) is 11.0 Å². The third kappa shape index (κ3) is 4.90. The number of benzene rings is 1. The Bertz CT molecular complexity index is 358. The van der Waals surface area contributed by atoms with Gasteiger partial charge in [0.05, 0.1) is 12.2 Å². The number of hydrogen-bond donors (Lipinski definition) is 1. The van der Waals surface area contributed by atoms with Gasteiger partial charge in [-0.1, -0.05) is 53.7 Å². The van der Waals surface area contributed by atoms with Crippen molar-refractivity contribution < 1.29 is 4.74 Å². The molecular formula is C16H24BrNO. The van der Waals surface area contributed by atoms with Gasteiger partial charge in [0.1, 0.15) is 0 Å². The maximum atomic E-state index is 6.36. The van der Waals surface area contributed by atoms with Gasteiger partial charge in [-0.25, -0.2) is 0 Å². The summed E-state index contributed by atoms with van der Waals surface area (Å²) < 4.78 is 7.48. The minimum atomic E-state index is 0.168. The maximum Gasteiger partial charge on any atom is 0.0952 e. The van der Waals surface area contributed by atoms with Crippen molar-refractivity contribution >= 4 is 15.9 Å². The molecule has 106 valence electrons. The van der Waals surface area contributed by atoms with Crippen LogP contribution in [0.4, 0.5) is 0 Å². The number of rotatable bonds is 5. The van der Waals surface area contributed by atoms with Gasteiger partial charge in [-0.05, 0) is 37.6 Å².